The zero-order valence-electron chi connectivity index (χ0n) is 7.71. The molecular weight excluding hydrogens is 152 g/mol. The van der Waals surface area contributed by atoms with Crippen molar-refractivity contribution in [2.75, 3.05) is 33.3 Å². The molecule has 0 spiro atoms. The lowest BCUT2D eigenvalue weighted by molar-refractivity contribution is 0.0599. The van der Waals surface area contributed by atoms with E-state index in [1.807, 2.05) is 0 Å². The molecule has 0 aliphatic carbocycles. The highest BCUT2D eigenvalue weighted by Crippen LogP contribution is 2.38. The van der Waals surface area contributed by atoms with Crippen LogP contribution in [0.1, 0.15) is 12.8 Å². The first kappa shape index (κ1) is 8.48. The van der Waals surface area contributed by atoms with Crippen LogP contribution in [-0.4, -0.2) is 49.3 Å². The smallest absolute Gasteiger partial charge is 0.0515 e. The van der Waals surface area contributed by atoms with Gasteiger partial charge >= 0.3 is 0 Å². The van der Waals surface area contributed by atoms with Crippen LogP contribution in [0, 0.1) is 5.41 Å². The largest absolute Gasteiger partial charge is 0.396 e. The van der Waals surface area contributed by atoms with Crippen molar-refractivity contribution >= 4 is 0 Å². The van der Waals surface area contributed by atoms with Gasteiger partial charge in [-0.2, -0.15) is 0 Å². The number of nitrogens with one attached hydrogen (secondary N) is 1. The zero-order chi connectivity index (χ0) is 8.60. The molecule has 0 saturated carbocycles. The molecule has 3 heteroatoms. The van der Waals surface area contributed by atoms with Crippen LogP contribution in [0.2, 0.25) is 0 Å². The number of fused-ring (bicyclic) bond motifs is 1. The fourth-order valence-electron chi connectivity index (χ4n) is 2.74. The van der Waals surface area contributed by atoms with E-state index in [4.69, 9.17) is 0 Å². The molecule has 0 aromatic carbocycles. The Morgan fingerprint density at radius 1 is 1.67 bits per heavy atom. The first-order valence-electron chi connectivity index (χ1n) is 4.80. The van der Waals surface area contributed by atoms with Gasteiger partial charge in [-0.25, -0.2) is 0 Å². The van der Waals surface area contributed by atoms with Crippen LogP contribution in [0.25, 0.3) is 0 Å². The average molecular weight is 170 g/mol. The number of nitrogens with zero attached hydrogens (tertiary/aromatic N) is 1. The predicted octanol–water partition coefficient (Wildman–Crippen LogP) is -0.337. The lowest BCUT2D eigenvalue weighted by Crippen LogP contribution is -2.52. The van der Waals surface area contributed by atoms with Crippen molar-refractivity contribution in [3.8, 4) is 0 Å². The second kappa shape index (κ2) is 2.98. The van der Waals surface area contributed by atoms with Crippen LogP contribution in [0.15, 0.2) is 0 Å². The SMILES string of the molecule is CN1CCC2(CO)CNCCC12. The molecule has 2 saturated heterocycles. The highest BCUT2D eigenvalue weighted by atomic mass is 16.3. The Bertz CT molecular complexity index is 170. The van der Waals surface area contributed by atoms with Crippen molar-refractivity contribution in [1.29, 1.82) is 0 Å². The fraction of sp³-hybridized carbons (Fsp3) is 1.00. The monoisotopic (exact) mass is 170 g/mol. The lowest BCUT2D eigenvalue weighted by Gasteiger charge is -2.40. The first-order valence-corrected chi connectivity index (χ1v) is 4.80. The van der Waals surface area contributed by atoms with Crippen LogP contribution in [0.3, 0.4) is 0 Å². The van der Waals surface area contributed by atoms with Gasteiger partial charge in [-0.05, 0) is 33.0 Å². The molecule has 2 atom stereocenters. The summed E-state index contributed by atoms with van der Waals surface area (Å²) >= 11 is 0. The molecule has 0 amide bonds. The molecule has 2 fully saturated rings. The van der Waals surface area contributed by atoms with E-state index in [9.17, 15) is 5.11 Å². The number of hydrogen-bond donors (Lipinski definition) is 2. The lowest BCUT2D eigenvalue weighted by atomic mass is 9.77. The summed E-state index contributed by atoms with van der Waals surface area (Å²) in [5, 5.41) is 12.8. The van der Waals surface area contributed by atoms with Gasteiger partial charge in [0.15, 0.2) is 0 Å². The van der Waals surface area contributed by atoms with Crippen molar-refractivity contribution in [2.45, 2.75) is 18.9 Å². The van der Waals surface area contributed by atoms with Gasteiger partial charge in [0.25, 0.3) is 0 Å². The molecular formula is C9H18N2O. The summed E-state index contributed by atoms with van der Waals surface area (Å²) in [4.78, 5) is 2.40. The van der Waals surface area contributed by atoms with Gasteiger partial charge in [0.05, 0.1) is 6.61 Å². The Kier molecular flexibility index (Phi) is 2.10. The minimum Gasteiger partial charge on any atom is -0.396 e. The molecule has 0 radical (unpaired) electrons. The quantitative estimate of drug-likeness (QED) is 0.565. The topological polar surface area (TPSA) is 35.5 Å². The molecule has 12 heavy (non-hydrogen) atoms. The second-order valence-corrected chi connectivity index (χ2v) is 4.23. The summed E-state index contributed by atoms with van der Waals surface area (Å²) in [7, 11) is 2.17. The molecule has 2 heterocycles. The molecule has 0 bridgehead atoms. The Morgan fingerprint density at radius 2 is 2.50 bits per heavy atom. The minimum absolute atomic E-state index is 0.174. The Balaban J connectivity index is 2.16. The van der Waals surface area contributed by atoms with E-state index in [1.54, 1.807) is 0 Å². The van der Waals surface area contributed by atoms with Crippen molar-refractivity contribution in [1.82, 2.24) is 10.2 Å². The first-order chi connectivity index (χ1) is 5.78. The highest BCUT2D eigenvalue weighted by molar-refractivity contribution is 5.01. The van der Waals surface area contributed by atoms with Gasteiger partial charge in [-0.3, -0.25) is 0 Å². The number of aliphatic hydroxyl groups excluding tert-OH is 1. The number of piperidine rings is 1. The van der Waals surface area contributed by atoms with Gasteiger partial charge < -0.3 is 15.3 Å². The van der Waals surface area contributed by atoms with E-state index in [0.717, 1.165) is 26.1 Å². The summed E-state index contributed by atoms with van der Waals surface area (Å²) in [5.74, 6) is 0. The number of rotatable bonds is 1. The van der Waals surface area contributed by atoms with Crippen molar-refractivity contribution < 1.29 is 5.11 Å². The Hall–Kier alpha value is -0.120. The second-order valence-electron chi connectivity index (χ2n) is 4.23. The standard InChI is InChI=1S/C9H18N2O/c1-11-5-3-9(7-12)6-10-4-2-8(9)11/h8,10,12H,2-7H2,1H3. The fourth-order valence-corrected chi connectivity index (χ4v) is 2.74. The van der Waals surface area contributed by atoms with Gasteiger partial charge in [-0.1, -0.05) is 0 Å². The van der Waals surface area contributed by atoms with Crippen LogP contribution >= 0.6 is 0 Å². The van der Waals surface area contributed by atoms with Crippen LogP contribution in [-0.2, 0) is 0 Å². The van der Waals surface area contributed by atoms with Gasteiger partial charge in [0.1, 0.15) is 0 Å². The molecule has 3 nitrogen and oxygen atoms in total. The molecule has 0 aromatic heterocycles. The highest BCUT2D eigenvalue weighted by Gasteiger charge is 2.46. The van der Waals surface area contributed by atoms with E-state index < -0.39 is 0 Å². The molecule has 2 N–H and O–H groups in total. The summed E-state index contributed by atoms with van der Waals surface area (Å²) < 4.78 is 0. The molecule has 2 aliphatic heterocycles. The number of hydrogen-bond acceptors (Lipinski definition) is 3. The molecule has 70 valence electrons. The molecule has 2 aliphatic rings. The molecule has 2 rings (SSSR count). The summed E-state index contributed by atoms with van der Waals surface area (Å²) in [6.45, 7) is 3.59. The van der Waals surface area contributed by atoms with Crippen LogP contribution in [0.5, 0.6) is 0 Å². The van der Waals surface area contributed by atoms with E-state index in [-0.39, 0.29) is 5.41 Å². The van der Waals surface area contributed by atoms with E-state index in [1.165, 1.54) is 6.42 Å². The normalized spacial score (nSPS) is 43.0. The van der Waals surface area contributed by atoms with E-state index >= 15 is 0 Å². The van der Waals surface area contributed by atoms with Crippen molar-refractivity contribution in [3.05, 3.63) is 0 Å². The van der Waals surface area contributed by atoms with Gasteiger partial charge in [-0.15, -0.1) is 0 Å². The summed E-state index contributed by atoms with van der Waals surface area (Å²) in [6.07, 6.45) is 2.34. The Morgan fingerprint density at radius 3 is 3.17 bits per heavy atom. The van der Waals surface area contributed by atoms with Crippen LogP contribution < -0.4 is 5.32 Å². The molecule has 2 unspecified atom stereocenters. The predicted molar refractivity (Wildman–Crippen MR) is 48.0 cm³/mol. The minimum atomic E-state index is 0.174. The number of likely N-dealkylation sites (tertiary alicyclic amines) is 1. The average Bonchev–Trinajstić information content (AvgIpc) is 2.46. The summed E-state index contributed by atoms with van der Waals surface area (Å²) in [5.41, 5.74) is 0.174. The third-order valence-corrected chi connectivity index (χ3v) is 3.59. The molecule has 0 aromatic rings. The van der Waals surface area contributed by atoms with Crippen molar-refractivity contribution in [2.24, 2.45) is 5.41 Å². The van der Waals surface area contributed by atoms with Gasteiger partial charge in [0.2, 0.25) is 0 Å². The maximum atomic E-state index is 9.40. The zero-order valence-corrected chi connectivity index (χ0v) is 7.71. The van der Waals surface area contributed by atoms with Crippen molar-refractivity contribution in [3.63, 3.8) is 0 Å². The van der Waals surface area contributed by atoms with Crippen LogP contribution in [0.4, 0.5) is 0 Å². The summed E-state index contributed by atoms with van der Waals surface area (Å²) in [6, 6.07) is 0.615. The maximum absolute atomic E-state index is 9.40. The third kappa shape index (κ3) is 1.08. The van der Waals surface area contributed by atoms with E-state index in [0.29, 0.717) is 12.6 Å². The maximum Gasteiger partial charge on any atom is 0.0515 e. The number of aliphatic hydroxyl groups is 1. The van der Waals surface area contributed by atoms with Gasteiger partial charge in [0, 0.05) is 18.0 Å². The van der Waals surface area contributed by atoms with E-state index in [2.05, 4.69) is 17.3 Å². The Labute approximate surface area is 73.8 Å². The third-order valence-electron chi connectivity index (χ3n) is 3.59.